The molecule has 0 amide bonds. The molecule has 0 aromatic heterocycles. The molecular formula is C20H33ClN2. The van der Waals surface area contributed by atoms with Crippen molar-refractivity contribution in [3.8, 4) is 0 Å². The molecule has 1 aliphatic rings. The first-order chi connectivity index (χ1) is 11.2. The van der Waals surface area contributed by atoms with Crippen molar-refractivity contribution in [2.75, 3.05) is 0 Å². The van der Waals surface area contributed by atoms with Crippen molar-refractivity contribution in [3.05, 3.63) is 34.9 Å². The van der Waals surface area contributed by atoms with E-state index in [2.05, 4.69) is 36.6 Å². The second-order valence-corrected chi connectivity index (χ2v) is 7.50. The molecule has 1 saturated carbocycles. The zero-order chi connectivity index (χ0) is 16.5. The Labute approximate surface area is 147 Å². The Morgan fingerprint density at radius 2 is 1.78 bits per heavy atom. The quantitative estimate of drug-likeness (QED) is 0.598. The van der Waals surface area contributed by atoms with Crippen molar-refractivity contribution in [3.63, 3.8) is 0 Å². The minimum Gasteiger partial charge on any atom is -0.310 e. The molecule has 0 heterocycles. The summed E-state index contributed by atoms with van der Waals surface area (Å²) >= 11 is 5.96. The summed E-state index contributed by atoms with van der Waals surface area (Å²) in [5.74, 6) is 0. The highest BCUT2D eigenvalue weighted by Gasteiger charge is 2.25. The van der Waals surface area contributed by atoms with Gasteiger partial charge in [0.05, 0.1) is 0 Å². The fourth-order valence-corrected chi connectivity index (χ4v) is 3.70. The smallest absolute Gasteiger partial charge is 0.0406 e. The maximum absolute atomic E-state index is 5.96. The lowest BCUT2D eigenvalue weighted by molar-refractivity contribution is 0.260. The molecule has 2 N–H and O–H groups in total. The zero-order valence-electron chi connectivity index (χ0n) is 14.8. The SMILES string of the molecule is CCCCCC(C)N[C@@H]1CCCC[C@H]1NCc1ccc(Cl)cc1. The van der Waals surface area contributed by atoms with Gasteiger partial charge in [0, 0.05) is 29.7 Å². The van der Waals surface area contributed by atoms with E-state index in [0.717, 1.165) is 11.6 Å². The molecule has 1 aliphatic carbocycles. The number of nitrogens with one attached hydrogen (secondary N) is 2. The predicted molar refractivity (Wildman–Crippen MR) is 101 cm³/mol. The van der Waals surface area contributed by atoms with Crippen molar-refractivity contribution in [1.82, 2.24) is 10.6 Å². The van der Waals surface area contributed by atoms with E-state index >= 15 is 0 Å². The highest BCUT2D eigenvalue weighted by atomic mass is 35.5. The lowest BCUT2D eigenvalue weighted by Crippen LogP contribution is -2.52. The Morgan fingerprint density at radius 1 is 1.09 bits per heavy atom. The van der Waals surface area contributed by atoms with Gasteiger partial charge in [0.1, 0.15) is 0 Å². The van der Waals surface area contributed by atoms with Crippen molar-refractivity contribution in [2.24, 2.45) is 0 Å². The normalized spacial score (nSPS) is 22.9. The molecule has 3 atom stereocenters. The van der Waals surface area contributed by atoms with Crippen LogP contribution in [0.3, 0.4) is 0 Å². The van der Waals surface area contributed by atoms with E-state index in [1.54, 1.807) is 0 Å². The predicted octanol–water partition coefficient (Wildman–Crippen LogP) is 5.30. The summed E-state index contributed by atoms with van der Waals surface area (Å²) in [6, 6.07) is 10.0. The second kappa shape index (κ2) is 10.3. The third-order valence-electron chi connectivity index (χ3n) is 4.99. The molecule has 1 aromatic rings. The highest BCUT2D eigenvalue weighted by molar-refractivity contribution is 6.30. The Balaban J connectivity index is 1.79. The van der Waals surface area contributed by atoms with E-state index in [1.807, 2.05) is 12.1 Å². The van der Waals surface area contributed by atoms with Gasteiger partial charge in [-0.3, -0.25) is 0 Å². The number of hydrogen-bond acceptors (Lipinski definition) is 2. The van der Waals surface area contributed by atoms with Gasteiger partial charge < -0.3 is 10.6 Å². The third kappa shape index (κ3) is 6.82. The van der Waals surface area contributed by atoms with Crippen molar-refractivity contribution in [1.29, 1.82) is 0 Å². The van der Waals surface area contributed by atoms with E-state index in [9.17, 15) is 0 Å². The minimum atomic E-state index is 0.591. The van der Waals surface area contributed by atoms with Crippen LogP contribution in [0, 0.1) is 0 Å². The monoisotopic (exact) mass is 336 g/mol. The van der Waals surface area contributed by atoms with E-state index in [-0.39, 0.29) is 0 Å². The van der Waals surface area contributed by atoms with Crippen LogP contribution < -0.4 is 10.6 Å². The van der Waals surface area contributed by atoms with Crippen LogP contribution >= 0.6 is 11.6 Å². The number of unbranched alkanes of at least 4 members (excludes halogenated alkanes) is 2. The zero-order valence-corrected chi connectivity index (χ0v) is 15.5. The van der Waals surface area contributed by atoms with Crippen molar-refractivity contribution >= 4 is 11.6 Å². The van der Waals surface area contributed by atoms with Crippen LogP contribution in [-0.4, -0.2) is 18.1 Å². The van der Waals surface area contributed by atoms with E-state index in [0.29, 0.717) is 18.1 Å². The van der Waals surface area contributed by atoms with E-state index in [4.69, 9.17) is 11.6 Å². The van der Waals surface area contributed by atoms with Crippen LogP contribution in [0.5, 0.6) is 0 Å². The number of rotatable bonds is 9. The molecule has 3 heteroatoms. The van der Waals surface area contributed by atoms with Crippen LogP contribution in [0.2, 0.25) is 5.02 Å². The second-order valence-electron chi connectivity index (χ2n) is 7.07. The van der Waals surface area contributed by atoms with Crippen LogP contribution in [0.4, 0.5) is 0 Å². The molecule has 0 saturated heterocycles. The largest absolute Gasteiger partial charge is 0.310 e. The third-order valence-corrected chi connectivity index (χ3v) is 5.24. The fraction of sp³-hybridized carbons (Fsp3) is 0.700. The molecule has 1 unspecified atom stereocenters. The fourth-order valence-electron chi connectivity index (χ4n) is 3.58. The average Bonchev–Trinajstić information content (AvgIpc) is 2.56. The van der Waals surface area contributed by atoms with E-state index in [1.165, 1.54) is 56.9 Å². The summed E-state index contributed by atoms with van der Waals surface area (Å²) in [6.07, 6.45) is 10.6. The van der Waals surface area contributed by atoms with E-state index < -0.39 is 0 Å². The van der Waals surface area contributed by atoms with Crippen LogP contribution in [-0.2, 0) is 6.54 Å². The molecule has 0 spiro atoms. The molecular weight excluding hydrogens is 304 g/mol. The van der Waals surface area contributed by atoms with Gasteiger partial charge in [-0.2, -0.15) is 0 Å². The molecule has 0 bridgehead atoms. The van der Waals surface area contributed by atoms with Gasteiger partial charge >= 0.3 is 0 Å². The summed E-state index contributed by atoms with van der Waals surface area (Å²) in [5.41, 5.74) is 1.31. The summed E-state index contributed by atoms with van der Waals surface area (Å²) < 4.78 is 0. The Kier molecular flexibility index (Phi) is 8.43. The first-order valence-electron chi connectivity index (χ1n) is 9.43. The topological polar surface area (TPSA) is 24.1 Å². The van der Waals surface area contributed by atoms with Gasteiger partial charge in [-0.15, -0.1) is 0 Å². The minimum absolute atomic E-state index is 0.591. The first kappa shape index (κ1) is 18.8. The highest BCUT2D eigenvalue weighted by Crippen LogP contribution is 2.20. The standard InChI is InChI=1S/C20H33ClN2/c1-3-4-5-8-16(2)23-20-10-7-6-9-19(20)22-15-17-11-13-18(21)14-12-17/h11-14,16,19-20,22-23H,3-10,15H2,1-2H3/t16?,19-,20-/m1/s1. The maximum Gasteiger partial charge on any atom is 0.0406 e. The lowest BCUT2D eigenvalue weighted by atomic mass is 9.89. The summed E-state index contributed by atoms with van der Waals surface area (Å²) in [5, 5.41) is 8.48. The molecule has 1 aromatic carbocycles. The van der Waals surface area contributed by atoms with Gasteiger partial charge in [0.15, 0.2) is 0 Å². The summed E-state index contributed by atoms with van der Waals surface area (Å²) in [7, 11) is 0. The molecule has 2 nitrogen and oxygen atoms in total. The molecule has 0 aliphatic heterocycles. The van der Waals surface area contributed by atoms with Crippen LogP contribution in [0.1, 0.15) is 70.8 Å². The first-order valence-corrected chi connectivity index (χ1v) is 9.80. The lowest BCUT2D eigenvalue weighted by Gasteiger charge is -2.35. The molecule has 130 valence electrons. The number of hydrogen-bond donors (Lipinski definition) is 2. The Bertz CT molecular complexity index is 432. The van der Waals surface area contributed by atoms with Gasteiger partial charge in [-0.05, 0) is 43.9 Å². The Hall–Kier alpha value is -0.570. The van der Waals surface area contributed by atoms with Gasteiger partial charge in [0.2, 0.25) is 0 Å². The molecule has 0 radical (unpaired) electrons. The average molecular weight is 337 g/mol. The summed E-state index contributed by atoms with van der Waals surface area (Å²) in [4.78, 5) is 0. The molecule has 2 rings (SSSR count). The molecule has 23 heavy (non-hydrogen) atoms. The number of benzene rings is 1. The van der Waals surface area contributed by atoms with Crippen molar-refractivity contribution < 1.29 is 0 Å². The number of halogens is 1. The van der Waals surface area contributed by atoms with Crippen LogP contribution in [0.25, 0.3) is 0 Å². The maximum atomic E-state index is 5.96. The van der Waals surface area contributed by atoms with Crippen LogP contribution in [0.15, 0.2) is 24.3 Å². The van der Waals surface area contributed by atoms with Crippen molar-refractivity contribution in [2.45, 2.75) is 89.9 Å². The Morgan fingerprint density at radius 3 is 2.48 bits per heavy atom. The van der Waals surface area contributed by atoms with Gasteiger partial charge in [0.25, 0.3) is 0 Å². The summed E-state index contributed by atoms with van der Waals surface area (Å²) in [6.45, 7) is 5.56. The molecule has 1 fully saturated rings. The van der Waals surface area contributed by atoms with Gasteiger partial charge in [-0.25, -0.2) is 0 Å². The van der Waals surface area contributed by atoms with Gasteiger partial charge in [-0.1, -0.05) is 62.8 Å².